The van der Waals surface area contributed by atoms with Crippen molar-refractivity contribution in [3.8, 4) is 0 Å². The third-order valence-corrected chi connectivity index (χ3v) is 4.44. The highest BCUT2D eigenvalue weighted by Crippen LogP contribution is 2.33. The van der Waals surface area contributed by atoms with Gasteiger partial charge in [-0.05, 0) is 48.8 Å². The zero-order valence-electron chi connectivity index (χ0n) is 10.7. The Bertz CT molecular complexity index is 393. The number of hydrogen-bond donors (Lipinski definition) is 2. The van der Waals surface area contributed by atoms with E-state index in [0.717, 1.165) is 30.0 Å². The fourth-order valence-corrected chi connectivity index (χ4v) is 3.48. The molecule has 2 rings (SSSR count). The van der Waals surface area contributed by atoms with Crippen LogP contribution in [-0.2, 0) is 6.42 Å². The molecule has 2 N–H and O–H groups in total. The average molecular weight is 286 g/mol. The molecule has 1 aromatic rings. The number of nitrogens with one attached hydrogen (secondary N) is 1. The van der Waals surface area contributed by atoms with Crippen molar-refractivity contribution in [2.75, 3.05) is 18.6 Å². The summed E-state index contributed by atoms with van der Waals surface area (Å²) in [7, 11) is 0. The van der Waals surface area contributed by atoms with Crippen LogP contribution in [-0.4, -0.2) is 29.8 Å². The van der Waals surface area contributed by atoms with Gasteiger partial charge in [0.2, 0.25) is 0 Å². The molecular weight excluding hydrogens is 266 g/mol. The molecule has 2 unspecified atom stereocenters. The molecule has 2 atom stereocenters. The molecule has 0 heterocycles. The molecule has 1 aliphatic rings. The van der Waals surface area contributed by atoms with Crippen molar-refractivity contribution in [2.24, 2.45) is 0 Å². The summed E-state index contributed by atoms with van der Waals surface area (Å²) in [5.41, 5.74) is 2.75. The summed E-state index contributed by atoms with van der Waals surface area (Å²) in [5.74, 6) is 1.04. The lowest BCUT2D eigenvalue weighted by atomic mass is 10.1. The highest BCUT2D eigenvalue weighted by molar-refractivity contribution is 7.98. The Morgan fingerprint density at radius 1 is 1.56 bits per heavy atom. The Morgan fingerprint density at radius 3 is 3.11 bits per heavy atom. The number of thioether (sulfide) groups is 1. The molecule has 100 valence electrons. The van der Waals surface area contributed by atoms with Gasteiger partial charge in [-0.3, -0.25) is 0 Å². The van der Waals surface area contributed by atoms with Gasteiger partial charge >= 0.3 is 0 Å². The van der Waals surface area contributed by atoms with E-state index in [1.807, 2.05) is 17.8 Å². The maximum atomic E-state index is 9.10. The number of hydrogen-bond acceptors (Lipinski definition) is 3. The largest absolute Gasteiger partial charge is 0.396 e. The van der Waals surface area contributed by atoms with Gasteiger partial charge in [-0.2, -0.15) is 11.8 Å². The average Bonchev–Trinajstić information content (AvgIpc) is 2.72. The van der Waals surface area contributed by atoms with E-state index in [-0.39, 0.29) is 6.61 Å². The molecule has 0 radical (unpaired) electrons. The summed E-state index contributed by atoms with van der Waals surface area (Å²) in [6.45, 7) is 0.248. The monoisotopic (exact) mass is 285 g/mol. The van der Waals surface area contributed by atoms with Crippen LogP contribution in [0.15, 0.2) is 18.2 Å². The summed E-state index contributed by atoms with van der Waals surface area (Å²) in [6, 6.07) is 6.99. The molecule has 0 fully saturated rings. The molecule has 0 aliphatic heterocycles. The summed E-state index contributed by atoms with van der Waals surface area (Å²) in [4.78, 5) is 0. The Morgan fingerprint density at radius 2 is 2.39 bits per heavy atom. The van der Waals surface area contributed by atoms with E-state index in [9.17, 15) is 0 Å². The van der Waals surface area contributed by atoms with Crippen molar-refractivity contribution in [1.29, 1.82) is 0 Å². The number of benzene rings is 1. The third-order valence-electron chi connectivity index (χ3n) is 3.47. The summed E-state index contributed by atoms with van der Waals surface area (Å²) >= 11 is 7.84. The van der Waals surface area contributed by atoms with Crippen LogP contribution < -0.4 is 5.32 Å². The highest BCUT2D eigenvalue weighted by Gasteiger charge is 2.24. The summed E-state index contributed by atoms with van der Waals surface area (Å²) < 4.78 is 0. The molecule has 0 saturated heterocycles. The van der Waals surface area contributed by atoms with E-state index in [4.69, 9.17) is 16.7 Å². The molecule has 0 amide bonds. The van der Waals surface area contributed by atoms with E-state index in [1.165, 1.54) is 11.1 Å². The van der Waals surface area contributed by atoms with Crippen molar-refractivity contribution in [1.82, 2.24) is 5.32 Å². The van der Waals surface area contributed by atoms with Gasteiger partial charge in [0.1, 0.15) is 0 Å². The molecule has 0 bridgehead atoms. The topological polar surface area (TPSA) is 32.3 Å². The highest BCUT2D eigenvalue weighted by atomic mass is 35.5. The lowest BCUT2D eigenvalue weighted by molar-refractivity contribution is 0.264. The Hall–Kier alpha value is -0.220. The second-order valence-corrected chi connectivity index (χ2v) is 6.11. The van der Waals surface area contributed by atoms with Crippen LogP contribution in [0.5, 0.6) is 0 Å². The predicted molar refractivity (Wildman–Crippen MR) is 79.5 cm³/mol. The second kappa shape index (κ2) is 6.80. The minimum atomic E-state index is 0.248. The molecule has 0 aromatic heterocycles. The smallest absolute Gasteiger partial charge is 0.0446 e. The van der Waals surface area contributed by atoms with E-state index in [0.29, 0.717) is 12.1 Å². The summed E-state index contributed by atoms with van der Waals surface area (Å²) in [5, 5.41) is 13.6. The number of rotatable bonds is 6. The zero-order chi connectivity index (χ0) is 13.0. The number of fused-ring (bicyclic) bond motifs is 1. The third kappa shape index (κ3) is 3.41. The van der Waals surface area contributed by atoms with Crippen molar-refractivity contribution >= 4 is 23.4 Å². The standard InChI is InChI=1S/C14H20ClNOS/c1-18-9-12(6-7-17)16-14-5-2-10-8-11(15)3-4-13(10)14/h3-4,8,12,14,16-17H,2,5-7,9H2,1H3. The normalized spacial score (nSPS) is 19.8. The van der Waals surface area contributed by atoms with Gasteiger partial charge in [0.05, 0.1) is 0 Å². The van der Waals surface area contributed by atoms with Crippen molar-refractivity contribution in [3.63, 3.8) is 0 Å². The first-order chi connectivity index (χ1) is 8.74. The fraction of sp³-hybridized carbons (Fsp3) is 0.571. The predicted octanol–water partition coefficient (Wildman–Crippen LogP) is 3.03. The molecule has 18 heavy (non-hydrogen) atoms. The number of aryl methyl sites for hydroxylation is 1. The minimum absolute atomic E-state index is 0.248. The Balaban J connectivity index is 2.03. The van der Waals surface area contributed by atoms with Gasteiger partial charge in [-0.1, -0.05) is 17.7 Å². The van der Waals surface area contributed by atoms with Gasteiger partial charge in [0, 0.05) is 29.5 Å². The van der Waals surface area contributed by atoms with Crippen LogP contribution in [0.2, 0.25) is 5.02 Å². The molecule has 1 aliphatic carbocycles. The van der Waals surface area contributed by atoms with Gasteiger partial charge in [0.15, 0.2) is 0 Å². The first-order valence-corrected chi connectivity index (χ1v) is 8.16. The van der Waals surface area contributed by atoms with E-state index in [1.54, 1.807) is 0 Å². The van der Waals surface area contributed by atoms with Gasteiger partial charge in [0.25, 0.3) is 0 Å². The molecule has 2 nitrogen and oxygen atoms in total. The Labute approximate surface area is 118 Å². The lowest BCUT2D eigenvalue weighted by Crippen LogP contribution is -2.34. The van der Waals surface area contributed by atoms with Crippen LogP contribution in [0.1, 0.15) is 30.0 Å². The molecule has 0 spiro atoms. The van der Waals surface area contributed by atoms with Gasteiger partial charge in [-0.25, -0.2) is 0 Å². The van der Waals surface area contributed by atoms with Gasteiger partial charge in [-0.15, -0.1) is 0 Å². The van der Waals surface area contributed by atoms with Crippen molar-refractivity contribution in [3.05, 3.63) is 34.3 Å². The molecular formula is C14H20ClNOS. The lowest BCUT2D eigenvalue weighted by Gasteiger charge is -2.22. The van der Waals surface area contributed by atoms with E-state index in [2.05, 4.69) is 23.7 Å². The quantitative estimate of drug-likeness (QED) is 0.843. The van der Waals surface area contributed by atoms with Crippen LogP contribution in [0, 0.1) is 0 Å². The van der Waals surface area contributed by atoms with E-state index < -0.39 is 0 Å². The maximum Gasteiger partial charge on any atom is 0.0446 e. The molecule has 4 heteroatoms. The van der Waals surface area contributed by atoms with Crippen LogP contribution in [0.25, 0.3) is 0 Å². The second-order valence-electron chi connectivity index (χ2n) is 4.77. The number of halogens is 1. The van der Waals surface area contributed by atoms with Crippen molar-refractivity contribution in [2.45, 2.75) is 31.3 Å². The first kappa shape index (κ1) is 14.2. The molecule has 1 aromatic carbocycles. The van der Waals surface area contributed by atoms with Crippen LogP contribution >= 0.6 is 23.4 Å². The van der Waals surface area contributed by atoms with Crippen molar-refractivity contribution < 1.29 is 5.11 Å². The fourth-order valence-electron chi connectivity index (χ4n) is 2.62. The zero-order valence-corrected chi connectivity index (χ0v) is 12.2. The number of aliphatic hydroxyl groups excluding tert-OH is 1. The van der Waals surface area contributed by atoms with Crippen LogP contribution in [0.4, 0.5) is 0 Å². The van der Waals surface area contributed by atoms with E-state index >= 15 is 0 Å². The van der Waals surface area contributed by atoms with Crippen LogP contribution in [0.3, 0.4) is 0 Å². The Kier molecular flexibility index (Phi) is 5.37. The summed E-state index contributed by atoms with van der Waals surface area (Å²) in [6.07, 6.45) is 5.15. The minimum Gasteiger partial charge on any atom is -0.396 e. The SMILES string of the molecule is CSCC(CCO)NC1CCc2cc(Cl)ccc21. The first-order valence-electron chi connectivity index (χ1n) is 6.38. The maximum absolute atomic E-state index is 9.10. The van der Waals surface area contributed by atoms with Gasteiger partial charge < -0.3 is 10.4 Å². The number of aliphatic hydroxyl groups is 1. The molecule has 0 saturated carbocycles.